The van der Waals surface area contributed by atoms with Gasteiger partial charge in [0, 0.05) is 15.6 Å². The lowest BCUT2D eigenvalue weighted by atomic mass is 10.1. The molecule has 0 aliphatic heterocycles. The number of hydrogen-bond acceptors (Lipinski definition) is 3. The van der Waals surface area contributed by atoms with Crippen molar-refractivity contribution in [3.05, 3.63) is 39.0 Å². The zero-order valence-corrected chi connectivity index (χ0v) is 11.3. The summed E-state index contributed by atoms with van der Waals surface area (Å²) in [5.74, 6) is 0.817. The first-order valence-corrected chi connectivity index (χ1v) is 6.52. The van der Waals surface area contributed by atoms with Crippen LogP contribution in [0.25, 0.3) is 21.0 Å². The molecular weight excluding hydrogens is 246 g/mol. The van der Waals surface area contributed by atoms with E-state index in [1.807, 2.05) is 26.0 Å². The Balaban J connectivity index is 2.59. The minimum atomic E-state index is -0.0103. The van der Waals surface area contributed by atoms with Crippen molar-refractivity contribution in [2.24, 2.45) is 0 Å². The molecule has 0 aliphatic carbocycles. The van der Waals surface area contributed by atoms with Gasteiger partial charge < -0.3 is 9.72 Å². The fourth-order valence-corrected chi connectivity index (χ4v) is 3.22. The number of aromatic nitrogens is 1. The maximum Gasteiger partial charge on any atom is 0.266 e. The second-order valence-corrected chi connectivity index (χ2v) is 5.68. The molecule has 0 atom stereocenters. The van der Waals surface area contributed by atoms with E-state index in [1.165, 1.54) is 11.3 Å². The molecule has 3 rings (SSSR count). The number of hydrogen-bond donors (Lipinski definition) is 1. The molecule has 18 heavy (non-hydrogen) atoms. The molecule has 0 amide bonds. The number of pyridine rings is 1. The number of ether oxygens (including phenoxy) is 1. The summed E-state index contributed by atoms with van der Waals surface area (Å²) in [4.78, 5) is 16.1. The summed E-state index contributed by atoms with van der Waals surface area (Å²) in [5, 5.41) is 2.06. The summed E-state index contributed by atoms with van der Waals surface area (Å²) >= 11 is 1.53. The van der Waals surface area contributed by atoms with E-state index in [-0.39, 0.29) is 5.56 Å². The predicted molar refractivity (Wildman–Crippen MR) is 76.0 cm³/mol. The van der Waals surface area contributed by atoms with Gasteiger partial charge in [0.05, 0.1) is 12.6 Å². The summed E-state index contributed by atoms with van der Waals surface area (Å²) < 4.78 is 6.09. The summed E-state index contributed by atoms with van der Waals surface area (Å²) in [6.07, 6.45) is 0. The third-order valence-corrected chi connectivity index (χ3v) is 4.18. The van der Waals surface area contributed by atoms with Gasteiger partial charge in [-0.05, 0) is 37.6 Å². The smallest absolute Gasteiger partial charge is 0.266 e. The molecule has 0 saturated heterocycles. The lowest BCUT2D eigenvalue weighted by Crippen LogP contribution is -2.05. The van der Waals surface area contributed by atoms with Crippen molar-refractivity contribution in [1.82, 2.24) is 4.98 Å². The van der Waals surface area contributed by atoms with Crippen LogP contribution in [-0.2, 0) is 0 Å². The number of methoxy groups -OCH3 is 1. The molecule has 0 aliphatic rings. The summed E-state index contributed by atoms with van der Waals surface area (Å²) in [5.41, 5.74) is 1.90. The third-order valence-electron chi connectivity index (χ3n) is 3.13. The molecule has 3 aromatic rings. The number of H-pyrrole nitrogens is 1. The average molecular weight is 259 g/mol. The van der Waals surface area contributed by atoms with Crippen LogP contribution in [0.5, 0.6) is 5.75 Å². The molecule has 0 spiro atoms. The molecule has 0 saturated carbocycles. The quantitative estimate of drug-likeness (QED) is 0.728. The number of aryl methyl sites for hydroxylation is 2. The van der Waals surface area contributed by atoms with Gasteiger partial charge in [-0.2, -0.15) is 0 Å². The van der Waals surface area contributed by atoms with Gasteiger partial charge in [0.15, 0.2) is 0 Å². The number of fused-ring (bicyclic) bond motifs is 3. The second-order valence-electron chi connectivity index (χ2n) is 4.42. The minimum absolute atomic E-state index is 0.0103. The van der Waals surface area contributed by atoms with Gasteiger partial charge in [-0.3, -0.25) is 4.79 Å². The molecule has 0 bridgehead atoms. The molecule has 2 aromatic heterocycles. The fraction of sp³-hybridized carbons (Fsp3) is 0.214. The Morgan fingerprint density at radius 1 is 1.17 bits per heavy atom. The van der Waals surface area contributed by atoms with Crippen LogP contribution in [0.2, 0.25) is 0 Å². The first-order valence-electron chi connectivity index (χ1n) is 5.71. The zero-order valence-electron chi connectivity index (χ0n) is 10.5. The SMILES string of the molecule is COc1cc(C)c2[nH]c(=O)c3sc(C)cc3c2c1. The lowest BCUT2D eigenvalue weighted by molar-refractivity contribution is 0.415. The van der Waals surface area contributed by atoms with Gasteiger partial charge in [-0.1, -0.05) is 0 Å². The summed E-state index contributed by atoms with van der Waals surface area (Å²) in [6.45, 7) is 3.99. The highest BCUT2D eigenvalue weighted by Crippen LogP contribution is 2.31. The number of thiophene rings is 1. The number of nitrogens with one attached hydrogen (secondary N) is 1. The molecule has 0 fully saturated rings. The maximum atomic E-state index is 12.0. The summed E-state index contributed by atoms with van der Waals surface area (Å²) in [6, 6.07) is 5.98. The van der Waals surface area contributed by atoms with Gasteiger partial charge in [0.25, 0.3) is 5.56 Å². The van der Waals surface area contributed by atoms with E-state index in [1.54, 1.807) is 7.11 Å². The minimum Gasteiger partial charge on any atom is -0.497 e. The largest absolute Gasteiger partial charge is 0.497 e. The highest BCUT2D eigenvalue weighted by Gasteiger charge is 2.11. The van der Waals surface area contributed by atoms with Crippen LogP contribution >= 0.6 is 11.3 Å². The van der Waals surface area contributed by atoms with E-state index in [9.17, 15) is 4.79 Å². The Labute approximate surface area is 108 Å². The van der Waals surface area contributed by atoms with Gasteiger partial charge >= 0.3 is 0 Å². The van der Waals surface area contributed by atoms with E-state index in [0.717, 1.165) is 37.2 Å². The van der Waals surface area contributed by atoms with Crippen LogP contribution in [-0.4, -0.2) is 12.1 Å². The van der Waals surface area contributed by atoms with Gasteiger partial charge in [0.1, 0.15) is 10.4 Å². The van der Waals surface area contributed by atoms with Crippen molar-refractivity contribution >= 4 is 32.3 Å². The molecule has 2 heterocycles. The lowest BCUT2D eigenvalue weighted by Gasteiger charge is -2.07. The van der Waals surface area contributed by atoms with Crippen molar-refractivity contribution in [3.8, 4) is 5.75 Å². The van der Waals surface area contributed by atoms with E-state index in [0.29, 0.717) is 0 Å². The van der Waals surface area contributed by atoms with Crippen LogP contribution in [0.1, 0.15) is 10.4 Å². The highest BCUT2D eigenvalue weighted by atomic mass is 32.1. The highest BCUT2D eigenvalue weighted by molar-refractivity contribution is 7.19. The fourth-order valence-electron chi connectivity index (χ4n) is 2.30. The first kappa shape index (κ1) is 11.3. The monoisotopic (exact) mass is 259 g/mol. The van der Waals surface area contributed by atoms with Gasteiger partial charge in [-0.15, -0.1) is 11.3 Å². The van der Waals surface area contributed by atoms with Crippen LogP contribution in [0, 0.1) is 13.8 Å². The topological polar surface area (TPSA) is 42.1 Å². The van der Waals surface area contributed by atoms with Crippen LogP contribution in [0.3, 0.4) is 0 Å². The number of aromatic amines is 1. The Morgan fingerprint density at radius 3 is 2.67 bits per heavy atom. The molecule has 4 heteroatoms. The van der Waals surface area contributed by atoms with Crippen molar-refractivity contribution < 1.29 is 4.74 Å². The predicted octanol–water partition coefficient (Wildman–Crippen LogP) is 3.37. The molecular formula is C14H13NO2S. The van der Waals surface area contributed by atoms with E-state index >= 15 is 0 Å². The van der Waals surface area contributed by atoms with Gasteiger partial charge in [-0.25, -0.2) is 0 Å². The van der Waals surface area contributed by atoms with Gasteiger partial charge in [0.2, 0.25) is 0 Å². The van der Waals surface area contributed by atoms with Crippen molar-refractivity contribution in [3.63, 3.8) is 0 Å². The molecule has 3 nitrogen and oxygen atoms in total. The first-order chi connectivity index (χ1) is 8.60. The van der Waals surface area contributed by atoms with Crippen LogP contribution < -0.4 is 10.3 Å². The average Bonchev–Trinajstić information content (AvgIpc) is 2.73. The Hall–Kier alpha value is -1.81. The van der Waals surface area contributed by atoms with E-state index in [4.69, 9.17) is 4.74 Å². The molecule has 92 valence electrons. The third kappa shape index (κ3) is 1.53. The number of rotatable bonds is 1. The maximum absolute atomic E-state index is 12.0. The summed E-state index contributed by atoms with van der Waals surface area (Å²) in [7, 11) is 1.66. The van der Waals surface area contributed by atoms with Crippen molar-refractivity contribution in [1.29, 1.82) is 0 Å². The Bertz CT molecular complexity index is 814. The Morgan fingerprint density at radius 2 is 1.94 bits per heavy atom. The second kappa shape index (κ2) is 3.85. The molecule has 1 N–H and O–H groups in total. The van der Waals surface area contributed by atoms with Crippen molar-refractivity contribution in [2.75, 3.05) is 7.11 Å². The van der Waals surface area contributed by atoms with E-state index in [2.05, 4.69) is 11.1 Å². The molecule has 1 aromatic carbocycles. The normalized spacial score (nSPS) is 11.3. The number of benzene rings is 1. The Kier molecular flexibility index (Phi) is 2.41. The van der Waals surface area contributed by atoms with Crippen LogP contribution in [0.15, 0.2) is 23.0 Å². The standard InChI is InChI=1S/C14H13NO2S/c1-7-4-9(17-3)6-10-11-5-8(2)18-13(11)14(16)15-12(7)10/h4-6H,1-3H3,(H,15,16). The van der Waals surface area contributed by atoms with E-state index < -0.39 is 0 Å². The van der Waals surface area contributed by atoms with Crippen LogP contribution in [0.4, 0.5) is 0 Å². The zero-order chi connectivity index (χ0) is 12.9. The molecule has 0 unspecified atom stereocenters. The van der Waals surface area contributed by atoms with Crippen molar-refractivity contribution in [2.45, 2.75) is 13.8 Å². The molecule has 0 radical (unpaired) electrons.